The van der Waals surface area contributed by atoms with E-state index in [2.05, 4.69) is 11.4 Å². The molecule has 2 rings (SSSR count). The molecule has 0 saturated heterocycles. The zero-order chi connectivity index (χ0) is 18.4. The summed E-state index contributed by atoms with van der Waals surface area (Å²) in [6, 6.07) is 12.0. The lowest BCUT2D eigenvalue weighted by molar-refractivity contribution is -0.127. The van der Waals surface area contributed by atoms with Gasteiger partial charge in [0, 0.05) is 0 Å². The number of hydrogen-bond acceptors (Lipinski definition) is 3. The monoisotopic (exact) mass is 341 g/mol. The van der Waals surface area contributed by atoms with Gasteiger partial charge >= 0.3 is 0 Å². The normalized spacial score (nSPS) is 11.7. The molecule has 0 saturated carbocycles. The molecular formula is C21H27NO3. The van der Waals surface area contributed by atoms with Crippen molar-refractivity contribution >= 4 is 5.91 Å². The first-order valence-electron chi connectivity index (χ1n) is 8.58. The molecule has 2 aromatic rings. The van der Waals surface area contributed by atoms with Crippen LogP contribution in [0.5, 0.6) is 11.5 Å². The molecule has 1 amide bonds. The average molecular weight is 341 g/mol. The Balaban J connectivity index is 1.77. The summed E-state index contributed by atoms with van der Waals surface area (Å²) in [5.74, 6) is 1.41. The van der Waals surface area contributed by atoms with Crippen LogP contribution >= 0.6 is 0 Å². The molecule has 1 atom stereocenters. The second-order valence-electron chi connectivity index (χ2n) is 6.49. The number of ether oxygens (including phenoxy) is 2. The predicted octanol–water partition coefficient (Wildman–Crippen LogP) is 3.88. The van der Waals surface area contributed by atoms with E-state index in [0.717, 1.165) is 28.2 Å². The Bertz CT molecular complexity index is 720. The summed E-state index contributed by atoms with van der Waals surface area (Å²) in [4.78, 5) is 12.2. The second-order valence-corrected chi connectivity index (χ2v) is 6.49. The maximum absolute atomic E-state index is 12.2. The first-order chi connectivity index (χ1) is 11.8. The molecule has 0 radical (unpaired) electrons. The Morgan fingerprint density at radius 1 is 1.00 bits per heavy atom. The minimum atomic E-state index is -0.553. The van der Waals surface area contributed by atoms with E-state index in [1.165, 1.54) is 5.56 Å². The first-order valence-corrected chi connectivity index (χ1v) is 8.58. The highest BCUT2D eigenvalue weighted by molar-refractivity contribution is 5.80. The molecule has 25 heavy (non-hydrogen) atoms. The van der Waals surface area contributed by atoms with Crippen molar-refractivity contribution in [1.82, 2.24) is 5.32 Å². The van der Waals surface area contributed by atoms with E-state index in [1.807, 2.05) is 58.0 Å². The van der Waals surface area contributed by atoms with E-state index in [-0.39, 0.29) is 5.91 Å². The SMILES string of the molecule is Cc1cc(C)cc(OCCNC(=O)[C@@H](C)Oc2ccc(C)cc2C)c1. The van der Waals surface area contributed by atoms with Gasteiger partial charge in [-0.15, -0.1) is 0 Å². The molecule has 2 aromatic carbocycles. The maximum Gasteiger partial charge on any atom is 0.260 e. The minimum absolute atomic E-state index is 0.149. The number of nitrogens with one attached hydrogen (secondary N) is 1. The molecule has 4 heteroatoms. The van der Waals surface area contributed by atoms with Crippen LogP contribution in [0.3, 0.4) is 0 Å². The van der Waals surface area contributed by atoms with Crippen LogP contribution in [0.1, 0.15) is 29.2 Å². The van der Waals surface area contributed by atoms with Gasteiger partial charge in [-0.3, -0.25) is 4.79 Å². The van der Waals surface area contributed by atoms with Crippen molar-refractivity contribution in [2.24, 2.45) is 0 Å². The molecule has 0 aliphatic heterocycles. The lowest BCUT2D eigenvalue weighted by Crippen LogP contribution is -2.38. The molecule has 0 unspecified atom stereocenters. The quantitative estimate of drug-likeness (QED) is 0.778. The summed E-state index contributed by atoms with van der Waals surface area (Å²) >= 11 is 0. The summed E-state index contributed by atoms with van der Waals surface area (Å²) in [5.41, 5.74) is 4.52. The number of aryl methyl sites for hydroxylation is 4. The Labute approximate surface area is 150 Å². The number of amides is 1. The first kappa shape index (κ1) is 18.8. The zero-order valence-electron chi connectivity index (χ0n) is 15.7. The molecule has 1 N–H and O–H groups in total. The molecule has 0 aliphatic carbocycles. The van der Waals surface area contributed by atoms with Crippen LogP contribution in [0.2, 0.25) is 0 Å². The van der Waals surface area contributed by atoms with Gasteiger partial charge in [0.25, 0.3) is 5.91 Å². The third-order valence-corrected chi connectivity index (χ3v) is 3.87. The smallest absolute Gasteiger partial charge is 0.260 e. The van der Waals surface area contributed by atoms with Crippen LogP contribution in [0.25, 0.3) is 0 Å². The van der Waals surface area contributed by atoms with E-state index < -0.39 is 6.10 Å². The molecule has 0 bridgehead atoms. The van der Waals surface area contributed by atoms with E-state index in [1.54, 1.807) is 6.92 Å². The van der Waals surface area contributed by atoms with Crippen molar-refractivity contribution in [3.8, 4) is 11.5 Å². The summed E-state index contributed by atoms with van der Waals surface area (Å²) < 4.78 is 11.4. The third-order valence-electron chi connectivity index (χ3n) is 3.87. The van der Waals surface area contributed by atoms with Crippen molar-refractivity contribution in [2.75, 3.05) is 13.2 Å². The maximum atomic E-state index is 12.2. The van der Waals surface area contributed by atoms with Crippen LogP contribution in [-0.4, -0.2) is 25.2 Å². The minimum Gasteiger partial charge on any atom is -0.492 e. The number of hydrogen-bond donors (Lipinski definition) is 1. The highest BCUT2D eigenvalue weighted by atomic mass is 16.5. The molecule has 4 nitrogen and oxygen atoms in total. The Hall–Kier alpha value is -2.49. The Morgan fingerprint density at radius 3 is 2.32 bits per heavy atom. The Morgan fingerprint density at radius 2 is 1.68 bits per heavy atom. The molecule has 0 fully saturated rings. The summed E-state index contributed by atoms with van der Waals surface area (Å²) in [6.45, 7) is 10.7. The van der Waals surface area contributed by atoms with E-state index >= 15 is 0 Å². The lowest BCUT2D eigenvalue weighted by Gasteiger charge is -2.17. The van der Waals surface area contributed by atoms with Crippen LogP contribution in [0.15, 0.2) is 36.4 Å². The molecule has 0 heterocycles. The highest BCUT2D eigenvalue weighted by Gasteiger charge is 2.15. The fourth-order valence-corrected chi connectivity index (χ4v) is 2.68. The fourth-order valence-electron chi connectivity index (χ4n) is 2.68. The zero-order valence-corrected chi connectivity index (χ0v) is 15.7. The molecule has 0 aliphatic rings. The summed E-state index contributed by atoms with van der Waals surface area (Å²) in [5, 5.41) is 2.84. The standard InChI is InChI=1S/C21H27NO3/c1-14-6-7-20(17(4)11-14)25-18(5)21(23)22-8-9-24-19-12-15(2)10-16(3)13-19/h6-7,10-13,18H,8-9H2,1-5H3,(H,22,23)/t18-/m1/s1. The molecule has 134 valence electrons. The van der Waals surface area contributed by atoms with Gasteiger partial charge in [0.15, 0.2) is 6.10 Å². The van der Waals surface area contributed by atoms with Gasteiger partial charge in [0.05, 0.1) is 6.54 Å². The number of rotatable bonds is 7. The van der Waals surface area contributed by atoms with Crippen LogP contribution < -0.4 is 14.8 Å². The van der Waals surface area contributed by atoms with Crippen molar-refractivity contribution in [1.29, 1.82) is 0 Å². The molecular weight excluding hydrogens is 314 g/mol. The highest BCUT2D eigenvalue weighted by Crippen LogP contribution is 2.20. The lowest BCUT2D eigenvalue weighted by atomic mass is 10.1. The van der Waals surface area contributed by atoms with E-state index in [0.29, 0.717) is 13.2 Å². The molecule has 0 spiro atoms. The van der Waals surface area contributed by atoms with Crippen molar-refractivity contribution in [3.63, 3.8) is 0 Å². The number of benzene rings is 2. The van der Waals surface area contributed by atoms with Gasteiger partial charge in [-0.2, -0.15) is 0 Å². The topological polar surface area (TPSA) is 47.6 Å². The van der Waals surface area contributed by atoms with Crippen molar-refractivity contribution in [3.05, 3.63) is 58.7 Å². The van der Waals surface area contributed by atoms with Gasteiger partial charge in [-0.25, -0.2) is 0 Å². The van der Waals surface area contributed by atoms with E-state index in [4.69, 9.17) is 9.47 Å². The number of carbonyl (C=O) groups excluding carboxylic acids is 1. The predicted molar refractivity (Wildman–Crippen MR) is 100 cm³/mol. The largest absolute Gasteiger partial charge is 0.492 e. The average Bonchev–Trinajstić information content (AvgIpc) is 2.53. The van der Waals surface area contributed by atoms with Gasteiger partial charge in [0.1, 0.15) is 18.1 Å². The van der Waals surface area contributed by atoms with Crippen LogP contribution in [0, 0.1) is 27.7 Å². The summed E-state index contributed by atoms with van der Waals surface area (Å²) in [7, 11) is 0. The van der Waals surface area contributed by atoms with Crippen LogP contribution in [-0.2, 0) is 4.79 Å². The third kappa shape index (κ3) is 5.82. The van der Waals surface area contributed by atoms with Gasteiger partial charge in [0.2, 0.25) is 0 Å². The Kier molecular flexibility index (Phi) is 6.45. The van der Waals surface area contributed by atoms with Crippen molar-refractivity contribution < 1.29 is 14.3 Å². The van der Waals surface area contributed by atoms with Gasteiger partial charge < -0.3 is 14.8 Å². The van der Waals surface area contributed by atoms with E-state index in [9.17, 15) is 4.79 Å². The molecule has 0 aromatic heterocycles. The fraction of sp³-hybridized carbons (Fsp3) is 0.381. The second kappa shape index (κ2) is 8.56. The van der Waals surface area contributed by atoms with Crippen molar-refractivity contribution in [2.45, 2.75) is 40.7 Å². The summed E-state index contributed by atoms with van der Waals surface area (Å²) in [6.07, 6.45) is -0.553. The van der Waals surface area contributed by atoms with Gasteiger partial charge in [-0.05, 0) is 69.5 Å². The number of carbonyl (C=O) groups is 1. The van der Waals surface area contributed by atoms with Gasteiger partial charge in [-0.1, -0.05) is 23.8 Å². The van der Waals surface area contributed by atoms with Crippen LogP contribution in [0.4, 0.5) is 0 Å².